The van der Waals surface area contributed by atoms with Crippen LogP contribution in [-0.2, 0) is 4.74 Å². The lowest BCUT2D eigenvalue weighted by Crippen LogP contribution is -2.46. The molecule has 1 rings (SSSR count). The van der Waals surface area contributed by atoms with Crippen LogP contribution in [0.4, 0.5) is 0 Å². The average Bonchev–Trinajstić information content (AvgIpc) is 2.47. The second kappa shape index (κ2) is 5.28. The Morgan fingerprint density at radius 1 is 1.47 bits per heavy atom. The molecule has 1 aliphatic heterocycles. The van der Waals surface area contributed by atoms with E-state index in [0.29, 0.717) is 12.5 Å². The molecule has 0 aromatic carbocycles. The molecule has 0 aromatic heterocycles. The van der Waals surface area contributed by atoms with Crippen molar-refractivity contribution in [2.75, 3.05) is 26.3 Å². The zero-order valence-electron chi connectivity index (χ0n) is 10.5. The van der Waals surface area contributed by atoms with Gasteiger partial charge in [-0.25, -0.2) is 0 Å². The van der Waals surface area contributed by atoms with Crippen LogP contribution in [0.2, 0.25) is 0 Å². The lowest BCUT2D eigenvalue weighted by atomic mass is 9.85. The van der Waals surface area contributed by atoms with Gasteiger partial charge in [0.2, 0.25) is 0 Å². The molecule has 0 bridgehead atoms. The number of nitrogens with two attached hydrogens (primary N) is 1. The van der Waals surface area contributed by atoms with Gasteiger partial charge in [-0.2, -0.15) is 0 Å². The van der Waals surface area contributed by atoms with Crippen LogP contribution in [-0.4, -0.2) is 32.3 Å². The Hall–Kier alpha value is -0.120. The van der Waals surface area contributed by atoms with Crippen molar-refractivity contribution in [3.63, 3.8) is 0 Å². The van der Waals surface area contributed by atoms with Crippen molar-refractivity contribution in [3.05, 3.63) is 0 Å². The van der Waals surface area contributed by atoms with E-state index in [0.717, 1.165) is 25.6 Å². The predicted octanol–water partition coefficient (Wildman–Crippen LogP) is 1.23. The van der Waals surface area contributed by atoms with Crippen molar-refractivity contribution in [1.82, 2.24) is 5.32 Å². The molecule has 3 heteroatoms. The fourth-order valence-electron chi connectivity index (χ4n) is 1.73. The molecule has 1 saturated heterocycles. The highest BCUT2D eigenvalue weighted by Crippen LogP contribution is 2.25. The fraction of sp³-hybridized carbons (Fsp3) is 1.00. The lowest BCUT2D eigenvalue weighted by molar-refractivity contribution is 0.157. The molecular formula is C12H26N2O. The Labute approximate surface area is 93.8 Å². The van der Waals surface area contributed by atoms with Gasteiger partial charge >= 0.3 is 0 Å². The molecule has 0 aliphatic carbocycles. The van der Waals surface area contributed by atoms with Gasteiger partial charge in [-0.05, 0) is 18.4 Å². The largest absolute Gasteiger partial charge is 0.379 e. The van der Waals surface area contributed by atoms with E-state index in [4.69, 9.17) is 10.5 Å². The van der Waals surface area contributed by atoms with Crippen LogP contribution in [0.1, 0.15) is 27.7 Å². The van der Waals surface area contributed by atoms with E-state index in [1.807, 2.05) is 0 Å². The van der Waals surface area contributed by atoms with Crippen LogP contribution >= 0.6 is 0 Å². The van der Waals surface area contributed by atoms with E-state index < -0.39 is 0 Å². The smallest absolute Gasteiger partial charge is 0.0624 e. The Morgan fingerprint density at radius 2 is 2.13 bits per heavy atom. The third kappa shape index (κ3) is 3.44. The Balaban J connectivity index is 2.25. The van der Waals surface area contributed by atoms with E-state index in [1.54, 1.807) is 0 Å². The quantitative estimate of drug-likeness (QED) is 0.723. The monoisotopic (exact) mass is 214 g/mol. The second-order valence-electron chi connectivity index (χ2n) is 5.63. The number of ether oxygens (including phenoxy) is 1. The summed E-state index contributed by atoms with van der Waals surface area (Å²) in [6, 6.07) is 0.180. The minimum Gasteiger partial charge on any atom is -0.379 e. The van der Waals surface area contributed by atoms with E-state index in [-0.39, 0.29) is 11.5 Å². The van der Waals surface area contributed by atoms with Crippen molar-refractivity contribution in [2.24, 2.45) is 23.0 Å². The summed E-state index contributed by atoms with van der Waals surface area (Å²) in [7, 11) is 0. The first-order valence-electron chi connectivity index (χ1n) is 6.00. The summed E-state index contributed by atoms with van der Waals surface area (Å²) < 4.78 is 5.41. The first-order valence-corrected chi connectivity index (χ1v) is 6.00. The Morgan fingerprint density at radius 3 is 2.60 bits per heavy atom. The molecular weight excluding hydrogens is 188 g/mol. The molecule has 1 aliphatic rings. The third-order valence-corrected chi connectivity index (χ3v) is 3.76. The fourth-order valence-corrected chi connectivity index (χ4v) is 1.73. The van der Waals surface area contributed by atoms with Crippen LogP contribution in [0.3, 0.4) is 0 Å². The average molecular weight is 214 g/mol. The highest BCUT2D eigenvalue weighted by atomic mass is 16.5. The Bertz CT molecular complexity index is 196. The van der Waals surface area contributed by atoms with Gasteiger partial charge in [0.1, 0.15) is 0 Å². The zero-order valence-corrected chi connectivity index (χ0v) is 10.5. The molecule has 0 saturated carbocycles. The van der Waals surface area contributed by atoms with Gasteiger partial charge < -0.3 is 15.8 Å². The topological polar surface area (TPSA) is 47.3 Å². The van der Waals surface area contributed by atoms with Crippen LogP contribution in [0.5, 0.6) is 0 Å². The maximum absolute atomic E-state index is 6.02. The second-order valence-corrected chi connectivity index (χ2v) is 5.63. The molecule has 0 amide bonds. The number of nitrogens with one attached hydrogen (secondary N) is 1. The highest BCUT2D eigenvalue weighted by molar-refractivity contribution is 4.91. The van der Waals surface area contributed by atoms with Gasteiger partial charge in [-0.3, -0.25) is 0 Å². The first kappa shape index (κ1) is 12.9. The minimum absolute atomic E-state index is 0.122. The van der Waals surface area contributed by atoms with E-state index in [2.05, 4.69) is 33.0 Å². The molecule has 0 aromatic rings. The van der Waals surface area contributed by atoms with Crippen molar-refractivity contribution >= 4 is 0 Å². The van der Waals surface area contributed by atoms with Gasteiger partial charge in [0.25, 0.3) is 0 Å². The first-order chi connectivity index (χ1) is 6.96. The number of hydrogen-bond acceptors (Lipinski definition) is 3. The molecule has 3 nitrogen and oxygen atoms in total. The molecule has 1 heterocycles. The maximum atomic E-state index is 6.02. The molecule has 1 fully saturated rings. The van der Waals surface area contributed by atoms with Crippen molar-refractivity contribution in [2.45, 2.75) is 33.7 Å². The van der Waals surface area contributed by atoms with Crippen molar-refractivity contribution < 1.29 is 4.74 Å². The molecule has 0 radical (unpaired) electrons. The van der Waals surface area contributed by atoms with E-state index >= 15 is 0 Å². The molecule has 3 N–H and O–H groups in total. The van der Waals surface area contributed by atoms with Crippen LogP contribution in [0.25, 0.3) is 0 Å². The van der Waals surface area contributed by atoms with Gasteiger partial charge in [-0.15, -0.1) is 0 Å². The van der Waals surface area contributed by atoms with Crippen LogP contribution < -0.4 is 11.1 Å². The van der Waals surface area contributed by atoms with Gasteiger partial charge in [0, 0.05) is 18.0 Å². The van der Waals surface area contributed by atoms with Gasteiger partial charge in [0.05, 0.1) is 13.2 Å². The number of rotatable bonds is 5. The van der Waals surface area contributed by atoms with E-state index in [1.165, 1.54) is 0 Å². The minimum atomic E-state index is 0.122. The zero-order chi connectivity index (χ0) is 11.5. The van der Waals surface area contributed by atoms with Gasteiger partial charge in [-0.1, -0.05) is 27.7 Å². The summed E-state index contributed by atoms with van der Waals surface area (Å²) in [5, 5.41) is 3.52. The normalized spacial score (nSPS) is 33.6. The standard InChI is InChI=1S/C12H26N2O/c1-9(2)10(3)5-14-7-12(4)8-15-6-11(12)13/h9-11,14H,5-8,13H2,1-4H3. The molecule has 15 heavy (non-hydrogen) atoms. The Kier molecular flexibility index (Phi) is 4.56. The molecule has 90 valence electrons. The summed E-state index contributed by atoms with van der Waals surface area (Å²) in [4.78, 5) is 0. The lowest BCUT2D eigenvalue weighted by Gasteiger charge is -2.28. The van der Waals surface area contributed by atoms with Crippen LogP contribution in [0, 0.1) is 17.3 Å². The SMILES string of the molecule is CC(C)C(C)CNCC1(C)COCC1N. The number of hydrogen-bond donors (Lipinski definition) is 2. The summed E-state index contributed by atoms with van der Waals surface area (Å²) in [5.41, 5.74) is 6.15. The van der Waals surface area contributed by atoms with Crippen molar-refractivity contribution in [1.29, 1.82) is 0 Å². The summed E-state index contributed by atoms with van der Waals surface area (Å²) in [6.45, 7) is 12.5. The van der Waals surface area contributed by atoms with Crippen molar-refractivity contribution in [3.8, 4) is 0 Å². The van der Waals surface area contributed by atoms with Crippen LogP contribution in [0.15, 0.2) is 0 Å². The third-order valence-electron chi connectivity index (χ3n) is 3.76. The van der Waals surface area contributed by atoms with Gasteiger partial charge in [0.15, 0.2) is 0 Å². The predicted molar refractivity (Wildman–Crippen MR) is 63.8 cm³/mol. The summed E-state index contributed by atoms with van der Waals surface area (Å²) >= 11 is 0. The highest BCUT2D eigenvalue weighted by Gasteiger charge is 2.37. The molecule has 0 spiro atoms. The van der Waals surface area contributed by atoms with E-state index in [9.17, 15) is 0 Å². The molecule has 3 unspecified atom stereocenters. The summed E-state index contributed by atoms with van der Waals surface area (Å²) in [6.07, 6.45) is 0. The summed E-state index contributed by atoms with van der Waals surface area (Å²) in [5.74, 6) is 1.45. The molecule has 3 atom stereocenters. The maximum Gasteiger partial charge on any atom is 0.0624 e.